The van der Waals surface area contributed by atoms with Gasteiger partial charge in [0, 0.05) is 19.0 Å². The number of unbranched alkanes of at least 4 members (excludes halogenated alkanes) is 2. The first-order chi connectivity index (χ1) is 16.2. The molecule has 0 bridgehead atoms. The van der Waals surface area contributed by atoms with E-state index in [-0.39, 0.29) is 11.7 Å². The van der Waals surface area contributed by atoms with E-state index < -0.39 is 18.1 Å². The largest absolute Gasteiger partial charge is 0.497 e. The topological polar surface area (TPSA) is 131 Å². The number of hydrogen-bond donors (Lipinski definition) is 3. The summed E-state index contributed by atoms with van der Waals surface area (Å²) in [6.45, 7) is 7.65. The van der Waals surface area contributed by atoms with Gasteiger partial charge >= 0.3 is 0 Å². The lowest BCUT2D eigenvalue weighted by molar-refractivity contribution is -0.133. The van der Waals surface area contributed by atoms with Crippen LogP contribution in [-0.2, 0) is 9.59 Å². The van der Waals surface area contributed by atoms with Gasteiger partial charge in [0.2, 0.25) is 5.91 Å². The molecule has 2 aromatic rings. The van der Waals surface area contributed by atoms with Crippen molar-refractivity contribution in [2.24, 2.45) is 10.9 Å². The third-order valence-electron chi connectivity index (χ3n) is 5.39. The zero-order valence-corrected chi connectivity index (χ0v) is 20.6. The summed E-state index contributed by atoms with van der Waals surface area (Å²) in [5.41, 5.74) is 1.70. The highest BCUT2D eigenvalue weighted by Gasteiger charge is 2.24. The quantitative estimate of drug-likeness (QED) is 0.219. The van der Waals surface area contributed by atoms with Crippen LogP contribution >= 0.6 is 0 Å². The van der Waals surface area contributed by atoms with Gasteiger partial charge in [0.05, 0.1) is 30.9 Å². The summed E-state index contributed by atoms with van der Waals surface area (Å²) in [6, 6.07) is 5.11. The number of rotatable bonds is 14. The van der Waals surface area contributed by atoms with Crippen molar-refractivity contribution in [1.29, 1.82) is 0 Å². The first-order valence-corrected chi connectivity index (χ1v) is 11.6. The summed E-state index contributed by atoms with van der Waals surface area (Å²) in [5.74, 6) is 0.926. The average molecular weight is 473 g/mol. The molecule has 0 fully saturated rings. The van der Waals surface area contributed by atoms with Gasteiger partial charge in [-0.1, -0.05) is 20.3 Å². The summed E-state index contributed by atoms with van der Waals surface area (Å²) in [7, 11) is 1.62. The molecular formula is C24H36N6O4. The van der Waals surface area contributed by atoms with E-state index in [2.05, 4.69) is 25.8 Å². The molecule has 0 aliphatic heterocycles. The molecule has 34 heavy (non-hydrogen) atoms. The fourth-order valence-corrected chi connectivity index (χ4v) is 3.40. The highest BCUT2D eigenvalue weighted by atomic mass is 16.5. The monoisotopic (exact) mass is 472 g/mol. The summed E-state index contributed by atoms with van der Waals surface area (Å²) in [4.78, 5) is 28.6. The molecule has 1 aromatic heterocycles. The summed E-state index contributed by atoms with van der Waals surface area (Å²) >= 11 is 0. The zero-order chi connectivity index (χ0) is 25.1. The third-order valence-corrected chi connectivity index (χ3v) is 5.39. The number of hydrogen-bond acceptors (Lipinski definition) is 7. The molecule has 10 heteroatoms. The van der Waals surface area contributed by atoms with Crippen LogP contribution in [0.15, 0.2) is 29.5 Å². The number of aliphatic hydroxyl groups is 1. The molecule has 2 atom stereocenters. The zero-order valence-electron chi connectivity index (χ0n) is 20.6. The number of nitrogens with one attached hydrogen (secondary N) is 2. The Labute approximate surface area is 200 Å². The Morgan fingerprint density at radius 1 is 1.24 bits per heavy atom. The Hall–Kier alpha value is -3.27. The number of benzene rings is 1. The molecular weight excluding hydrogens is 436 g/mol. The summed E-state index contributed by atoms with van der Waals surface area (Å²) < 4.78 is 7.20. The van der Waals surface area contributed by atoms with Gasteiger partial charge in [-0.15, -0.1) is 10.2 Å². The fraction of sp³-hybridized carbons (Fsp3) is 0.542. The van der Waals surface area contributed by atoms with Gasteiger partial charge in [-0.2, -0.15) is 0 Å². The van der Waals surface area contributed by atoms with Gasteiger partial charge in [0.25, 0.3) is 0 Å². The van der Waals surface area contributed by atoms with E-state index in [4.69, 9.17) is 4.74 Å². The van der Waals surface area contributed by atoms with E-state index in [1.807, 2.05) is 43.5 Å². The molecule has 0 aliphatic carbocycles. The number of methoxy groups -OCH3 is 1. The van der Waals surface area contributed by atoms with Crippen molar-refractivity contribution in [3.8, 4) is 11.4 Å². The van der Waals surface area contributed by atoms with Crippen molar-refractivity contribution >= 4 is 23.7 Å². The van der Waals surface area contributed by atoms with Gasteiger partial charge in [-0.05, 0) is 44.7 Å². The number of ketones is 1. The van der Waals surface area contributed by atoms with Crippen LogP contribution < -0.4 is 15.4 Å². The first kappa shape index (κ1) is 27.0. The van der Waals surface area contributed by atoms with Gasteiger partial charge in [-0.3, -0.25) is 19.1 Å². The first-order valence-electron chi connectivity index (χ1n) is 11.6. The molecule has 0 saturated carbocycles. The number of amides is 1. The van der Waals surface area contributed by atoms with E-state index >= 15 is 0 Å². The maximum Gasteiger partial charge on any atom is 0.249 e. The number of aryl methyl sites for hydroxylation is 1. The minimum atomic E-state index is -1.13. The molecule has 0 spiro atoms. The van der Waals surface area contributed by atoms with Crippen LogP contribution in [0.3, 0.4) is 0 Å². The number of Topliss-reactive ketones (excluding diaryl/α,β-unsaturated/α-hetero) is 1. The van der Waals surface area contributed by atoms with Gasteiger partial charge in [0.15, 0.2) is 5.78 Å². The van der Waals surface area contributed by atoms with Crippen LogP contribution in [0.5, 0.6) is 5.75 Å². The minimum absolute atomic E-state index is 0.0102. The maximum absolute atomic E-state index is 12.5. The number of carbonyl (C=O) groups excluding carboxylic acids is 2. The Morgan fingerprint density at radius 3 is 2.62 bits per heavy atom. The lowest BCUT2D eigenvalue weighted by Crippen LogP contribution is -2.47. The Bertz CT molecular complexity index is 970. The van der Waals surface area contributed by atoms with Crippen LogP contribution in [0, 0.1) is 12.8 Å². The SMILES string of the molecule is COc1ccc(-n2cnnc2C)c(NC=NCCCCCC(=O)[C@@H](NC(=O)[C@H](C)O)C(C)C)c1. The van der Waals surface area contributed by atoms with E-state index in [1.165, 1.54) is 6.92 Å². The van der Waals surface area contributed by atoms with Gasteiger partial charge in [0.1, 0.15) is 24.0 Å². The molecule has 0 saturated heterocycles. The van der Waals surface area contributed by atoms with E-state index in [0.29, 0.717) is 13.0 Å². The Morgan fingerprint density at radius 2 is 2.00 bits per heavy atom. The fourth-order valence-electron chi connectivity index (χ4n) is 3.40. The van der Waals surface area contributed by atoms with E-state index in [1.54, 1.807) is 19.8 Å². The number of aliphatic hydroxyl groups excluding tert-OH is 1. The smallest absolute Gasteiger partial charge is 0.249 e. The molecule has 186 valence electrons. The average Bonchev–Trinajstić information content (AvgIpc) is 3.23. The highest BCUT2D eigenvalue weighted by Crippen LogP contribution is 2.26. The second kappa shape index (κ2) is 13.4. The highest BCUT2D eigenvalue weighted by molar-refractivity contribution is 5.90. The van der Waals surface area contributed by atoms with Crippen molar-refractivity contribution in [3.05, 3.63) is 30.4 Å². The van der Waals surface area contributed by atoms with Crippen LogP contribution in [0.1, 0.15) is 52.3 Å². The number of aliphatic imine (C=N–C) groups is 1. The molecule has 3 N–H and O–H groups in total. The maximum atomic E-state index is 12.5. The molecule has 0 unspecified atom stereocenters. The number of carbonyl (C=O) groups is 2. The lowest BCUT2D eigenvalue weighted by atomic mass is 9.96. The number of aromatic nitrogens is 3. The molecule has 1 amide bonds. The molecule has 10 nitrogen and oxygen atoms in total. The number of anilines is 1. The van der Waals surface area contributed by atoms with Crippen molar-refractivity contribution in [3.63, 3.8) is 0 Å². The predicted octanol–water partition coefficient (Wildman–Crippen LogP) is 2.68. The molecule has 0 radical (unpaired) electrons. The standard InChI is InChI=1S/C24H36N6O4/c1-16(2)23(28-24(33)17(3)31)22(32)9-7-6-8-12-25-14-26-20-13-19(34-5)10-11-21(20)30-15-27-29-18(30)4/h10-11,13-17,23,31H,6-9,12H2,1-5H3,(H,25,26)(H,28,33)/t17-,23-/m0/s1. The number of nitrogens with zero attached hydrogens (tertiary/aromatic N) is 4. The second-order valence-corrected chi connectivity index (χ2v) is 8.49. The lowest BCUT2D eigenvalue weighted by Gasteiger charge is -2.22. The van der Waals surface area contributed by atoms with Crippen LogP contribution in [0.4, 0.5) is 5.69 Å². The van der Waals surface area contributed by atoms with Gasteiger partial charge in [-0.25, -0.2) is 0 Å². The van der Waals surface area contributed by atoms with Crippen LogP contribution in [0.25, 0.3) is 5.69 Å². The van der Waals surface area contributed by atoms with Gasteiger partial charge < -0.3 is 20.5 Å². The van der Waals surface area contributed by atoms with Crippen molar-refractivity contribution in [2.75, 3.05) is 19.0 Å². The number of ether oxygens (including phenoxy) is 1. The Kier molecular flexibility index (Phi) is 10.7. The summed E-state index contributed by atoms with van der Waals surface area (Å²) in [5, 5.41) is 23.2. The minimum Gasteiger partial charge on any atom is -0.497 e. The molecule has 1 heterocycles. The van der Waals surface area contributed by atoms with Crippen molar-refractivity contribution < 1.29 is 19.4 Å². The second-order valence-electron chi connectivity index (χ2n) is 8.49. The van der Waals surface area contributed by atoms with Crippen LogP contribution in [-0.4, -0.2) is 63.7 Å². The predicted molar refractivity (Wildman–Crippen MR) is 132 cm³/mol. The molecule has 0 aliphatic rings. The van der Waals surface area contributed by atoms with Crippen LogP contribution in [0.2, 0.25) is 0 Å². The third kappa shape index (κ3) is 7.95. The van der Waals surface area contributed by atoms with E-state index in [9.17, 15) is 14.7 Å². The van der Waals surface area contributed by atoms with Crippen molar-refractivity contribution in [1.82, 2.24) is 20.1 Å². The Balaban J connectivity index is 1.79. The molecule has 1 aromatic carbocycles. The van der Waals surface area contributed by atoms with Crippen molar-refractivity contribution in [2.45, 2.75) is 65.5 Å². The van der Waals surface area contributed by atoms with E-state index in [0.717, 1.165) is 42.2 Å². The summed E-state index contributed by atoms with van der Waals surface area (Å²) in [6.07, 6.45) is 4.98. The normalized spacial score (nSPS) is 13.1. The molecule has 2 rings (SSSR count).